The van der Waals surface area contributed by atoms with Crippen LogP contribution in [0.5, 0.6) is 0 Å². The number of unbranched alkanes of at least 4 members (excludes halogenated alkanes) is 1. The largest absolute Gasteiger partial charge is 0.313 e. The molecule has 0 saturated carbocycles. The third kappa shape index (κ3) is 4.88. The molecule has 0 radical (unpaired) electrons. The van der Waals surface area contributed by atoms with Crippen molar-refractivity contribution < 1.29 is 4.39 Å². The highest BCUT2D eigenvalue weighted by Crippen LogP contribution is 2.24. The van der Waals surface area contributed by atoms with Gasteiger partial charge in [0.15, 0.2) is 0 Å². The Morgan fingerprint density at radius 1 is 1.25 bits per heavy atom. The summed E-state index contributed by atoms with van der Waals surface area (Å²) >= 11 is 0. The zero-order chi connectivity index (χ0) is 15.0. The van der Waals surface area contributed by atoms with Gasteiger partial charge in [0, 0.05) is 18.2 Å². The maximum atomic E-state index is 14.0. The van der Waals surface area contributed by atoms with Gasteiger partial charge in [-0.3, -0.25) is 0 Å². The molecular weight excluding hydrogens is 251 g/mol. The first-order valence-corrected chi connectivity index (χ1v) is 7.78. The summed E-state index contributed by atoms with van der Waals surface area (Å²) in [6, 6.07) is 7.14. The fourth-order valence-corrected chi connectivity index (χ4v) is 2.75. The van der Waals surface area contributed by atoms with Crippen LogP contribution in [0, 0.1) is 11.7 Å². The van der Waals surface area contributed by atoms with Crippen molar-refractivity contribution in [3.05, 3.63) is 35.6 Å². The van der Waals surface area contributed by atoms with Crippen LogP contribution in [0.4, 0.5) is 4.39 Å². The zero-order valence-corrected chi connectivity index (χ0v) is 13.3. The Morgan fingerprint density at radius 3 is 2.50 bits per heavy atom. The minimum absolute atomic E-state index is 0.0619. The first-order chi connectivity index (χ1) is 9.63. The minimum Gasteiger partial charge on any atom is -0.313 e. The summed E-state index contributed by atoms with van der Waals surface area (Å²) in [7, 11) is 1.91. The minimum atomic E-state index is -0.115. The van der Waals surface area contributed by atoms with E-state index in [1.807, 2.05) is 19.2 Å². The van der Waals surface area contributed by atoms with Crippen LogP contribution in [0.3, 0.4) is 0 Å². The van der Waals surface area contributed by atoms with Crippen molar-refractivity contribution in [2.45, 2.75) is 39.7 Å². The molecule has 1 aromatic rings. The zero-order valence-electron chi connectivity index (χ0n) is 13.3. The highest BCUT2D eigenvalue weighted by atomic mass is 19.1. The van der Waals surface area contributed by atoms with Gasteiger partial charge in [0.25, 0.3) is 0 Å². The Bertz CT molecular complexity index is 381. The molecule has 20 heavy (non-hydrogen) atoms. The van der Waals surface area contributed by atoms with E-state index in [1.54, 1.807) is 12.1 Å². The Morgan fingerprint density at radius 2 is 1.95 bits per heavy atom. The fraction of sp³-hybridized carbons (Fsp3) is 0.647. The SMILES string of the molecule is CCCCN(CC)CC(C)C(NC)c1ccccc1F. The van der Waals surface area contributed by atoms with Crippen LogP contribution in [-0.2, 0) is 0 Å². The second-order valence-corrected chi connectivity index (χ2v) is 5.51. The predicted octanol–water partition coefficient (Wildman–Crippen LogP) is 3.84. The maximum Gasteiger partial charge on any atom is 0.127 e. The van der Waals surface area contributed by atoms with Crippen molar-refractivity contribution in [1.82, 2.24) is 10.2 Å². The lowest BCUT2D eigenvalue weighted by Gasteiger charge is -2.30. The summed E-state index contributed by atoms with van der Waals surface area (Å²) in [5.41, 5.74) is 0.772. The number of hydrogen-bond acceptors (Lipinski definition) is 2. The average molecular weight is 280 g/mol. The summed E-state index contributed by atoms with van der Waals surface area (Å²) in [5.74, 6) is 0.254. The van der Waals surface area contributed by atoms with E-state index in [4.69, 9.17) is 0 Å². The van der Waals surface area contributed by atoms with Crippen molar-refractivity contribution in [3.63, 3.8) is 0 Å². The first-order valence-electron chi connectivity index (χ1n) is 7.78. The standard InChI is InChI=1S/C17H29FN2/c1-5-7-12-20(6-2)13-14(3)17(19-4)15-10-8-9-11-16(15)18/h8-11,14,17,19H,5-7,12-13H2,1-4H3. The molecule has 1 N–H and O–H groups in total. The van der Waals surface area contributed by atoms with Crippen LogP contribution < -0.4 is 5.32 Å². The third-order valence-corrected chi connectivity index (χ3v) is 3.94. The van der Waals surface area contributed by atoms with Gasteiger partial charge >= 0.3 is 0 Å². The Balaban J connectivity index is 2.71. The molecule has 0 spiro atoms. The third-order valence-electron chi connectivity index (χ3n) is 3.94. The normalized spacial score (nSPS) is 14.5. The molecule has 0 amide bonds. The molecule has 2 atom stereocenters. The molecule has 2 nitrogen and oxygen atoms in total. The number of halogens is 1. The van der Waals surface area contributed by atoms with E-state index in [-0.39, 0.29) is 11.9 Å². The molecule has 0 aromatic heterocycles. The van der Waals surface area contributed by atoms with E-state index >= 15 is 0 Å². The molecule has 0 aliphatic carbocycles. The second kappa shape index (κ2) is 9.09. The molecule has 0 aliphatic heterocycles. The predicted molar refractivity (Wildman–Crippen MR) is 84.4 cm³/mol. The summed E-state index contributed by atoms with van der Waals surface area (Å²) in [4.78, 5) is 2.46. The molecule has 0 saturated heterocycles. The van der Waals surface area contributed by atoms with Crippen LogP contribution in [0.25, 0.3) is 0 Å². The molecule has 0 heterocycles. The highest BCUT2D eigenvalue weighted by Gasteiger charge is 2.22. The Hall–Kier alpha value is -0.930. The van der Waals surface area contributed by atoms with Gasteiger partial charge in [-0.15, -0.1) is 0 Å². The average Bonchev–Trinajstić information content (AvgIpc) is 2.46. The van der Waals surface area contributed by atoms with Crippen molar-refractivity contribution in [2.75, 3.05) is 26.7 Å². The quantitative estimate of drug-likeness (QED) is 0.739. The summed E-state index contributed by atoms with van der Waals surface area (Å²) in [6.45, 7) is 9.79. The molecule has 114 valence electrons. The lowest BCUT2D eigenvalue weighted by Crippen LogP contribution is -2.35. The fourth-order valence-electron chi connectivity index (χ4n) is 2.75. The van der Waals surface area contributed by atoms with Gasteiger partial charge in [-0.05, 0) is 38.5 Å². The van der Waals surface area contributed by atoms with Gasteiger partial charge in [-0.1, -0.05) is 45.4 Å². The van der Waals surface area contributed by atoms with Gasteiger partial charge in [0.05, 0.1) is 0 Å². The van der Waals surface area contributed by atoms with Crippen molar-refractivity contribution in [3.8, 4) is 0 Å². The van der Waals surface area contributed by atoms with Gasteiger partial charge in [-0.2, -0.15) is 0 Å². The Kier molecular flexibility index (Phi) is 7.78. The van der Waals surface area contributed by atoms with E-state index in [1.165, 1.54) is 12.8 Å². The van der Waals surface area contributed by atoms with Crippen molar-refractivity contribution in [2.24, 2.45) is 5.92 Å². The molecule has 3 heteroatoms. The van der Waals surface area contributed by atoms with Gasteiger partial charge in [-0.25, -0.2) is 4.39 Å². The molecule has 0 fully saturated rings. The maximum absolute atomic E-state index is 14.0. The summed E-state index contributed by atoms with van der Waals surface area (Å²) < 4.78 is 14.0. The highest BCUT2D eigenvalue weighted by molar-refractivity contribution is 5.21. The first kappa shape index (κ1) is 17.1. The van der Waals surface area contributed by atoms with E-state index in [0.29, 0.717) is 5.92 Å². The van der Waals surface area contributed by atoms with Gasteiger partial charge in [0.2, 0.25) is 0 Å². The van der Waals surface area contributed by atoms with E-state index in [0.717, 1.165) is 25.2 Å². The van der Waals surface area contributed by atoms with Gasteiger partial charge in [0.1, 0.15) is 5.82 Å². The number of nitrogens with one attached hydrogen (secondary N) is 1. The smallest absolute Gasteiger partial charge is 0.127 e. The van der Waals surface area contributed by atoms with Crippen molar-refractivity contribution in [1.29, 1.82) is 0 Å². The molecule has 0 bridgehead atoms. The number of hydrogen-bond donors (Lipinski definition) is 1. The lowest BCUT2D eigenvalue weighted by molar-refractivity contribution is 0.218. The monoisotopic (exact) mass is 280 g/mol. The summed E-state index contributed by atoms with van der Waals surface area (Å²) in [5, 5.41) is 3.28. The molecule has 0 aliphatic rings. The summed E-state index contributed by atoms with van der Waals surface area (Å²) in [6.07, 6.45) is 2.44. The molecule has 1 aromatic carbocycles. The second-order valence-electron chi connectivity index (χ2n) is 5.51. The van der Waals surface area contributed by atoms with Gasteiger partial charge < -0.3 is 10.2 Å². The molecular formula is C17H29FN2. The number of rotatable bonds is 9. The molecule has 2 unspecified atom stereocenters. The molecule has 1 rings (SSSR count). The van der Waals surface area contributed by atoms with E-state index in [2.05, 4.69) is 31.0 Å². The number of nitrogens with zero attached hydrogens (tertiary/aromatic N) is 1. The number of benzene rings is 1. The van der Waals surface area contributed by atoms with E-state index < -0.39 is 0 Å². The van der Waals surface area contributed by atoms with Crippen LogP contribution in [0.2, 0.25) is 0 Å². The Labute approximate surface area is 123 Å². The van der Waals surface area contributed by atoms with Crippen LogP contribution in [0.15, 0.2) is 24.3 Å². The topological polar surface area (TPSA) is 15.3 Å². The van der Waals surface area contributed by atoms with Crippen molar-refractivity contribution >= 4 is 0 Å². The van der Waals surface area contributed by atoms with Crippen LogP contribution in [-0.4, -0.2) is 31.6 Å². The van der Waals surface area contributed by atoms with Crippen LogP contribution >= 0.6 is 0 Å². The van der Waals surface area contributed by atoms with E-state index in [9.17, 15) is 4.39 Å². The van der Waals surface area contributed by atoms with Crippen LogP contribution in [0.1, 0.15) is 45.2 Å². The lowest BCUT2D eigenvalue weighted by atomic mass is 9.93.